The number of nitrogens with one attached hydrogen (secondary N) is 2. The van der Waals surface area contributed by atoms with Gasteiger partial charge in [-0.1, -0.05) is 53.6 Å². The Bertz CT molecular complexity index is 1240. The number of carbonyl (C=O) groups is 3. The van der Waals surface area contributed by atoms with E-state index in [1.54, 1.807) is 48.5 Å². The van der Waals surface area contributed by atoms with Gasteiger partial charge in [0.1, 0.15) is 11.4 Å². The molecule has 1 aliphatic heterocycles. The fraction of sp³-hybridized carbons (Fsp3) is 0.0800. The number of aryl methyl sites for hydroxylation is 1. The minimum atomic E-state index is -0.525. The molecule has 0 radical (unpaired) electrons. The highest BCUT2D eigenvalue weighted by atomic mass is 35.5. The molecule has 1 saturated heterocycles. The zero-order valence-corrected chi connectivity index (χ0v) is 18.4. The Morgan fingerprint density at radius 3 is 2.48 bits per heavy atom. The lowest BCUT2D eigenvalue weighted by atomic mass is 10.2. The van der Waals surface area contributed by atoms with E-state index in [4.69, 9.17) is 16.3 Å². The summed E-state index contributed by atoms with van der Waals surface area (Å²) in [5.41, 5.74) is 2.98. The van der Waals surface area contributed by atoms with Crippen molar-refractivity contribution in [2.75, 3.05) is 16.8 Å². The molecule has 4 rings (SSSR count). The highest BCUT2D eigenvalue weighted by Gasteiger charge is 2.34. The van der Waals surface area contributed by atoms with Crippen LogP contribution >= 0.6 is 11.6 Å². The fourth-order valence-corrected chi connectivity index (χ4v) is 3.46. The Morgan fingerprint density at radius 1 is 1.06 bits per heavy atom. The second-order valence-electron chi connectivity index (χ2n) is 7.36. The fourth-order valence-electron chi connectivity index (χ4n) is 3.21. The van der Waals surface area contributed by atoms with Crippen molar-refractivity contribution in [1.29, 1.82) is 0 Å². The molecule has 0 bridgehead atoms. The second kappa shape index (κ2) is 9.58. The summed E-state index contributed by atoms with van der Waals surface area (Å²) < 4.78 is 5.52. The number of rotatable bonds is 6. The van der Waals surface area contributed by atoms with Crippen LogP contribution in [0.25, 0.3) is 6.08 Å². The first kappa shape index (κ1) is 22.1. The van der Waals surface area contributed by atoms with Gasteiger partial charge in [0.25, 0.3) is 11.8 Å². The SMILES string of the molecule is Cc1ccc(NC(=O)COc2ccc(C=C3NC(=O)N(c4ccccc4)C3=O)cc2Cl)cc1. The van der Waals surface area contributed by atoms with Crippen molar-refractivity contribution in [3.63, 3.8) is 0 Å². The Hall–Kier alpha value is -4.10. The minimum absolute atomic E-state index is 0.131. The number of hydrogen-bond acceptors (Lipinski definition) is 4. The molecular weight excluding hydrogens is 442 g/mol. The van der Waals surface area contributed by atoms with Crippen molar-refractivity contribution in [3.05, 3.63) is 94.6 Å². The highest BCUT2D eigenvalue weighted by molar-refractivity contribution is 6.32. The number of ether oxygens (including phenoxy) is 1. The van der Waals surface area contributed by atoms with E-state index in [1.165, 1.54) is 6.08 Å². The van der Waals surface area contributed by atoms with E-state index in [9.17, 15) is 14.4 Å². The van der Waals surface area contributed by atoms with Gasteiger partial charge in [-0.05, 0) is 55.0 Å². The van der Waals surface area contributed by atoms with E-state index in [-0.39, 0.29) is 23.2 Å². The summed E-state index contributed by atoms with van der Waals surface area (Å²) in [6.07, 6.45) is 1.53. The molecule has 33 heavy (non-hydrogen) atoms. The van der Waals surface area contributed by atoms with Crippen molar-refractivity contribution >= 4 is 46.9 Å². The number of imide groups is 1. The van der Waals surface area contributed by atoms with E-state index in [2.05, 4.69) is 10.6 Å². The van der Waals surface area contributed by atoms with Gasteiger partial charge in [-0.25, -0.2) is 9.69 Å². The Kier molecular flexibility index (Phi) is 6.42. The lowest BCUT2D eigenvalue weighted by molar-refractivity contribution is -0.118. The lowest BCUT2D eigenvalue weighted by Crippen LogP contribution is -2.30. The summed E-state index contributed by atoms with van der Waals surface area (Å²) >= 11 is 6.30. The van der Waals surface area contributed by atoms with Crippen molar-refractivity contribution in [2.24, 2.45) is 0 Å². The molecule has 0 spiro atoms. The van der Waals surface area contributed by atoms with E-state index >= 15 is 0 Å². The standard InChI is InChI=1S/C25H20ClN3O4/c1-16-7-10-18(11-8-16)27-23(30)15-33-22-12-9-17(13-20(22)26)14-21-24(31)29(25(32)28-21)19-5-3-2-4-6-19/h2-14H,15H2,1H3,(H,27,30)(H,28,32). The third kappa shape index (κ3) is 5.22. The van der Waals surface area contributed by atoms with Crippen LogP contribution in [0.2, 0.25) is 5.02 Å². The van der Waals surface area contributed by atoms with Crippen LogP contribution in [0.3, 0.4) is 0 Å². The van der Waals surface area contributed by atoms with E-state index in [1.807, 2.05) is 31.2 Å². The quantitative estimate of drug-likeness (QED) is 0.409. The van der Waals surface area contributed by atoms with Crippen LogP contribution in [0.15, 0.2) is 78.5 Å². The topological polar surface area (TPSA) is 87.7 Å². The van der Waals surface area contributed by atoms with E-state index in [0.717, 1.165) is 10.5 Å². The molecule has 1 heterocycles. The number of amides is 4. The molecule has 0 atom stereocenters. The molecule has 1 fully saturated rings. The molecule has 0 aromatic heterocycles. The predicted molar refractivity (Wildman–Crippen MR) is 127 cm³/mol. The van der Waals surface area contributed by atoms with Crippen LogP contribution in [0.1, 0.15) is 11.1 Å². The van der Waals surface area contributed by atoms with Crippen LogP contribution in [0.4, 0.5) is 16.2 Å². The summed E-state index contributed by atoms with van der Waals surface area (Å²) in [5, 5.41) is 5.59. The number of nitrogens with zero attached hydrogens (tertiary/aromatic N) is 1. The van der Waals surface area contributed by atoms with Gasteiger partial charge in [0.15, 0.2) is 6.61 Å². The highest BCUT2D eigenvalue weighted by Crippen LogP contribution is 2.28. The minimum Gasteiger partial charge on any atom is -0.482 e. The van der Waals surface area contributed by atoms with Gasteiger partial charge in [0.05, 0.1) is 10.7 Å². The predicted octanol–water partition coefficient (Wildman–Crippen LogP) is 4.76. The van der Waals surface area contributed by atoms with Crippen LogP contribution in [-0.2, 0) is 9.59 Å². The molecule has 0 saturated carbocycles. The van der Waals surface area contributed by atoms with Gasteiger partial charge in [-0.3, -0.25) is 9.59 Å². The third-order valence-electron chi connectivity index (χ3n) is 4.85. The zero-order valence-electron chi connectivity index (χ0n) is 17.7. The molecule has 3 aromatic rings. The monoisotopic (exact) mass is 461 g/mol. The number of anilines is 2. The van der Waals surface area contributed by atoms with E-state index in [0.29, 0.717) is 22.7 Å². The average molecular weight is 462 g/mol. The zero-order chi connectivity index (χ0) is 23.4. The number of benzene rings is 3. The van der Waals surface area contributed by atoms with Crippen LogP contribution in [0.5, 0.6) is 5.75 Å². The molecule has 0 aliphatic carbocycles. The third-order valence-corrected chi connectivity index (χ3v) is 5.15. The first-order valence-electron chi connectivity index (χ1n) is 10.1. The van der Waals surface area contributed by atoms with Crippen LogP contribution in [0, 0.1) is 6.92 Å². The van der Waals surface area contributed by atoms with Crippen molar-refractivity contribution in [1.82, 2.24) is 5.32 Å². The van der Waals surface area contributed by atoms with Crippen LogP contribution in [-0.4, -0.2) is 24.5 Å². The molecule has 7 nitrogen and oxygen atoms in total. The lowest BCUT2D eigenvalue weighted by Gasteiger charge is -2.11. The van der Waals surface area contributed by atoms with Gasteiger partial charge < -0.3 is 15.4 Å². The maximum atomic E-state index is 12.7. The second-order valence-corrected chi connectivity index (χ2v) is 7.76. The Labute approximate surface area is 195 Å². The first-order valence-corrected chi connectivity index (χ1v) is 10.5. The van der Waals surface area contributed by atoms with Gasteiger partial charge in [0.2, 0.25) is 0 Å². The number of hydrogen-bond donors (Lipinski definition) is 2. The number of urea groups is 1. The molecule has 3 aromatic carbocycles. The van der Waals surface area contributed by atoms with Crippen molar-refractivity contribution < 1.29 is 19.1 Å². The summed E-state index contributed by atoms with van der Waals surface area (Å²) in [5.74, 6) is -0.456. The van der Waals surface area contributed by atoms with Gasteiger partial charge >= 0.3 is 6.03 Å². The molecule has 2 N–H and O–H groups in total. The molecule has 1 aliphatic rings. The Balaban J connectivity index is 1.40. The van der Waals surface area contributed by atoms with Gasteiger partial charge in [-0.15, -0.1) is 0 Å². The summed E-state index contributed by atoms with van der Waals surface area (Å²) in [6, 6.07) is 20.4. The average Bonchev–Trinajstić information content (AvgIpc) is 3.08. The molecule has 0 unspecified atom stereocenters. The van der Waals surface area contributed by atoms with Crippen molar-refractivity contribution in [2.45, 2.75) is 6.92 Å². The molecular formula is C25H20ClN3O4. The maximum absolute atomic E-state index is 12.7. The maximum Gasteiger partial charge on any atom is 0.333 e. The summed E-state index contributed by atoms with van der Waals surface area (Å²) in [4.78, 5) is 38.2. The molecule has 4 amide bonds. The van der Waals surface area contributed by atoms with Gasteiger partial charge in [-0.2, -0.15) is 0 Å². The van der Waals surface area contributed by atoms with E-state index < -0.39 is 11.9 Å². The van der Waals surface area contributed by atoms with Crippen LogP contribution < -0.4 is 20.3 Å². The summed E-state index contributed by atoms with van der Waals surface area (Å²) in [7, 11) is 0. The number of halogens is 1. The number of carbonyl (C=O) groups excluding carboxylic acids is 3. The first-order chi connectivity index (χ1) is 15.9. The largest absolute Gasteiger partial charge is 0.482 e. The Morgan fingerprint density at radius 2 is 1.79 bits per heavy atom. The van der Waals surface area contributed by atoms with Gasteiger partial charge in [0, 0.05) is 5.69 Å². The van der Waals surface area contributed by atoms with Crippen molar-refractivity contribution in [3.8, 4) is 5.75 Å². The summed E-state index contributed by atoms with van der Waals surface area (Å²) in [6.45, 7) is 1.75. The number of para-hydroxylation sites is 1. The normalized spacial score (nSPS) is 14.4. The molecule has 166 valence electrons. The smallest absolute Gasteiger partial charge is 0.333 e. The molecule has 8 heteroatoms.